The van der Waals surface area contributed by atoms with Gasteiger partial charge in [0, 0.05) is 44.9 Å². The van der Waals surface area contributed by atoms with Crippen molar-refractivity contribution in [1.82, 2.24) is 0 Å². The minimum atomic E-state index is -1.32. The average molecular weight is 389 g/mol. The molecule has 2 aliphatic rings. The quantitative estimate of drug-likeness (QED) is 0.275. The number of rotatable bonds is 4. The van der Waals surface area contributed by atoms with Crippen LogP contribution < -0.4 is 10.2 Å². The van der Waals surface area contributed by atoms with Crippen LogP contribution in [0.5, 0.6) is 0 Å². The van der Waals surface area contributed by atoms with E-state index in [2.05, 4.69) is 5.32 Å². The van der Waals surface area contributed by atoms with Gasteiger partial charge >= 0.3 is 11.9 Å². The monoisotopic (exact) mass is 389 g/mol. The van der Waals surface area contributed by atoms with Crippen molar-refractivity contribution < 1.29 is 24.0 Å². The summed E-state index contributed by atoms with van der Waals surface area (Å²) in [4.78, 5) is 37.1. The van der Waals surface area contributed by atoms with E-state index in [9.17, 15) is 19.7 Å². The first-order valence-corrected chi connectivity index (χ1v) is 9.23. The summed E-state index contributed by atoms with van der Waals surface area (Å²) in [6.07, 6.45) is 5.40. The number of hydrogen-bond donors (Lipinski definition) is 1. The number of esters is 2. The van der Waals surface area contributed by atoms with Crippen LogP contribution in [0.2, 0.25) is 0 Å². The second-order valence-corrected chi connectivity index (χ2v) is 7.24. The van der Waals surface area contributed by atoms with Crippen LogP contribution in [0.1, 0.15) is 39.5 Å². The molecule has 2 heterocycles. The van der Waals surface area contributed by atoms with E-state index in [4.69, 9.17) is 9.47 Å². The Hall–Kier alpha value is -3.10. The van der Waals surface area contributed by atoms with Gasteiger partial charge < -0.3 is 19.7 Å². The third kappa shape index (κ3) is 4.41. The van der Waals surface area contributed by atoms with E-state index in [-0.39, 0.29) is 11.3 Å². The predicted octanol–water partition coefficient (Wildman–Crippen LogP) is 3.11. The number of hydrogen-bond acceptors (Lipinski definition) is 8. The van der Waals surface area contributed by atoms with Gasteiger partial charge in [-0.1, -0.05) is 12.8 Å². The number of cyclic esters (lactones) is 2. The summed E-state index contributed by atoms with van der Waals surface area (Å²) in [5.41, 5.74) is 0.616. The number of nitrogens with zero attached hydrogens (tertiary/aromatic N) is 2. The number of carbonyl (C=O) groups is 2. The van der Waals surface area contributed by atoms with Crippen molar-refractivity contribution in [1.29, 1.82) is 0 Å². The molecule has 0 amide bonds. The number of nitro groups is 1. The van der Waals surface area contributed by atoms with Gasteiger partial charge in [0.15, 0.2) is 5.57 Å². The Morgan fingerprint density at radius 2 is 1.71 bits per heavy atom. The zero-order valence-corrected chi connectivity index (χ0v) is 15.9. The van der Waals surface area contributed by atoms with Crippen molar-refractivity contribution in [3.8, 4) is 0 Å². The van der Waals surface area contributed by atoms with Gasteiger partial charge in [-0.3, -0.25) is 10.1 Å². The fourth-order valence-electron chi connectivity index (χ4n) is 3.27. The minimum Gasteiger partial charge on any atom is -0.419 e. The normalized spacial score (nSPS) is 19.4. The van der Waals surface area contributed by atoms with Crippen LogP contribution in [-0.2, 0) is 19.1 Å². The van der Waals surface area contributed by atoms with Crippen molar-refractivity contribution in [2.45, 2.75) is 45.3 Å². The molecule has 1 N–H and O–H groups in total. The van der Waals surface area contributed by atoms with E-state index in [0.717, 1.165) is 45.0 Å². The highest BCUT2D eigenvalue weighted by Crippen LogP contribution is 2.33. The zero-order valence-electron chi connectivity index (χ0n) is 15.9. The molecule has 28 heavy (non-hydrogen) atoms. The molecule has 1 aromatic rings. The van der Waals surface area contributed by atoms with Crippen LogP contribution in [0.4, 0.5) is 17.1 Å². The standard InChI is InChI=1S/C19H23N3O6/c1-19(2)27-17(23)14(18(24)28-19)12-20-13-7-8-15(16(11-13)22(25)26)21-9-5-3-4-6-10-21/h7-8,11-12,20H,3-6,9-10H2,1-2H3. The van der Waals surface area contributed by atoms with Crippen LogP contribution in [-0.4, -0.2) is 35.7 Å². The molecule has 9 nitrogen and oxygen atoms in total. The highest BCUT2D eigenvalue weighted by Gasteiger charge is 2.39. The van der Waals surface area contributed by atoms with Crippen LogP contribution in [0.15, 0.2) is 30.0 Å². The van der Waals surface area contributed by atoms with E-state index in [1.807, 2.05) is 4.90 Å². The lowest BCUT2D eigenvalue weighted by molar-refractivity contribution is -0.384. The van der Waals surface area contributed by atoms with Gasteiger partial charge in [-0.2, -0.15) is 0 Å². The molecule has 0 radical (unpaired) electrons. The first-order valence-electron chi connectivity index (χ1n) is 9.23. The van der Waals surface area contributed by atoms with Crippen LogP contribution >= 0.6 is 0 Å². The summed E-state index contributed by atoms with van der Waals surface area (Å²) in [6, 6.07) is 4.75. The molecule has 2 fully saturated rings. The van der Waals surface area contributed by atoms with Crippen LogP contribution in [0.3, 0.4) is 0 Å². The Morgan fingerprint density at radius 1 is 1.11 bits per heavy atom. The van der Waals surface area contributed by atoms with Crippen molar-refractivity contribution in [2.75, 3.05) is 23.3 Å². The molecule has 0 bridgehead atoms. The molecule has 150 valence electrons. The second kappa shape index (κ2) is 7.87. The summed E-state index contributed by atoms with van der Waals surface area (Å²) >= 11 is 0. The lowest BCUT2D eigenvalue weighted by Crippen LogP contribution is -2.42. The number of anilines is 2. The van der Waals surface area contributed by atoms with Crippen molar-refractivity contribution in [3.05, 3.63) is 40.1 Å². The molecule has 3 rings (SSSR count). The van der Waals surface area contributed by atoms with Gasteiger partial charge in [-0.15, -0.1) is 0 Å². The van der Waals surface area contributed by atoms with E-state index in [1.54, 1.807) is 12.1 Å². The summed E-state index contributed by atoms with van der Waals surface area (Å²) in [5.74, 6) is -2.95. The fourth-order valence-corrected chi connectivity index (χ4v) is 3.27. The Bertz CT molecular complexity index is 803. The molecule has 0 saturated carbocycles. The predicted molar refractivity (Wildman–Crippen MR) is 102 cm³/mol. The lowest BCUT2D eigenvalue weighted by atomic mass is 10.2. The minimum absolute atomic E-state index is 0.0276. The topological polar surface area (TPSA) is 111 Å². The van der Waals surface area contributed by atoms with Crippen molar-refractivity contribution in [3.63, 3.8) is 0 Å². The first kappa shape index (κ1) is 19.7. The van der Waals surface area contributed by atoms with Crippen molar-refractivity contribution >= 4 is 29.0 Å². The van der Waals surface area contributed by atoms with Gasteiger partial charge in [0.05, 0.1) is 4.92 Å². The second-order valence-electron chi connectivity index (χ2n) is 7.24. The molecule has 2 saturated heterocycles. The molecular weight excluding hydrogens is 366 g/mol. The zero-order chi connectivity index (χ0) is 20.3. The maximum atomic E-state index is 12.0. The van der Waals surface area contributed by atoms with Gasteiger partial charge in [0.2, 0.25) is 0 Å². The number of nitrogens with one attached hydrogen (secondary N) is 1. The molecule has 1 aromatic carbocycles. The van der Waals surface area contributed by atoms with Crippen LogP contribution in [0, 0.1) is 10.1 Å². The summed E-state index contributed by atoms with van der Waals surface area (Å²) in [5, 5.41) is 14.3. The maximum Gasteiger partial charge on any atom is 0.350 e. The van der Waals surface area contributed by atoms with E-state index < -0.39 is 22.6 Å². The fraction of sp³-hybridized carbons (Fsp3) is 0.474. The molecule has 9 heteroatoms. The average Bonchev–Trinajstić information content (AvgIpc) is 2.89. The maximum absolute atomic E-state index is 12.0. The third-order valence-corrected chi connectivity index (χ3v) is 4.62. The summed E-state index contributed by atoms with van der Waals surface area (Å²) < 4.78 is 10.0. The van der Waals surface area contributed by atoms with Crippen molar-refractivity contribution in [2.24, 2.45) is 0 Å². The number of carbonyl (C=O) groups excluding carboxylic acids is 2. The summed E-state index contributed by atoms with van der Waals surface area (Å²) in [7, 11) is 0. The Kier molecular flexibility index (Phi) is 5.53. The molecule has 2 aliphatic heterocycles. The Balaban J connectivity index is 1.81. The lowest BCUT2D eigenvalue weighted by Gasteiger charge is -2.29. The molecule has 0 atom stereocenters. The highest BCUT2D eigenvalue weighted by atomic mass is 16.7. The number of ether oxygens (including phenoxy) is 2. The van der Waals surface area contributed by atoms with E-state index in [1.165, 1.54) is 19.9 Å². The van der Waals surface area contributed by atoms with Crippen LogP contribution in [0.25, 0.3) is 0 Å². The first-order chi connectivity index (χ1) is 13.3. The molecule has 0 spiro atoms. The largest absolute Gasteiger partial charge is 0.419 e. The number of nitro benzene ring substituents is 1. The van der Waals surface area contributed by atoms with E-state index >= 15 is 0 Å². The highest BCUT2D eigenvalue weighted by molar-refractivity contribution is 6.15. The van der Waals surface area contributed by atoms with E-state index in [0.29, 0.717) is 11.4 Å². The van der Waals surface area contributed by atoms with Gasteiger partial charge in [-0.05, 0) is 25.0 Å². The molecule has 0 unspecified atom stereocenters. The smallest absolute Gasteiger partial charge is 0.350 e. The van der Waals surface area contributed by atoms with Gasteiger partial charge in [-0.25, -0.2) is 9.59 Å². The number of benzene rings is 1. The molecular formula is C19H23N3O6. The Labute approximate surface area is 162 Å². The summed E-state index contributed by atoms with van der Waals surface area (Å²) in [6.45, 7) is 4.48. The van der Waals surface area contributed by atoms with Gasteiger partial charge in [0.25, 0.3) is 11.5 Å². The SMILES string of the molecule is CC1(C)OC(=O)C(=CNc2ccc(N3CCCCCC3)c([N+](=O)[O-])c2)C(=O)O1. The molecule has 0 aromatic heterocycles. The third-order valence-electron chi connectivity index (χ3n) is 4.62. The van der Waals surface area contributed by atoms with Gasteiger partial charge in [0.1, 0.15) is 5.69 Å². The molecule has 0 aliphatic carbocycles. The Morgan fingerprint density at radius 3 is 2.29 bits per heavy atom.